The van der Waals surface area contributed by atoms with Gasteiger partial charge in [0.2, 0.25) is 0 Å². The molecule has 0 unspecified atom stereocenters. The summed E-state index contributed by atoms with van der Waals surface area (Å²) < 4.78 is 39.7. The monoisotopic (exact) mass is 382 g/mol. The van der Waals surface area contributed by atoms with E-state index in [1.807, 2.05) is 0 Å². The number of hydrogen-bond donors (Lipinski definition) is 2. The molecule has 1 atom stereocenters. The van der Waals surface area contributed by atoms with Gasteiger partial charge in [0.15, 0.2) is 0 Å². The number of carboxylic acid groups (broad SMARTS) is 1. The molecule has 0 aliphatic heterocycles. The van der Waals surface area contributed by atoms with Gasteiger partial charge in [-0.15, -0.1) is 0 Å². The lowest BCUT2D eigenvalue weighted by atomic mass is 9.74. The van der Waals surface area contributed by atoms with Crippen LogP contribution < -0.4 is 5.73 Å². The topological polar surface area (TPSA) is 94.0 Å². The molecule has 1 aromatic carbocycles. The van der Waals surface area contributed by atoms with Gasteiger partial charge in [0.05, 0.1) is 17.7 Å². The third-order valence-electron chi connectivity index (χ3n) is 4.95. The molecule has 0 amide bonds. The summed E-state index contributed by atoms with van der Waals surface area (Å²) in [4.78, 5) is 13.4. The van der Waals surface area contributed by atoms with Crippen molar-refractivity contribution in [2.75, 3.05) is 0 Å². The Bertz CT molecular complexity index is 841. The largest absolute Gasteiger partial charge is 0.480 e. The quantitative estimate of drug-likeness (QED) is 0.798. The predicted octanol–water partition coefficient (Wildman–Crippen LogP) is 3.50. The first kappa shape index (κ1) is 19.3. The van der Waals surface area contributed by atoms with Gasteiger partial charge in [-0.05, 0) is 24.8 Å². The van der Waals surface area contributed by atoms with Gasteiger partial charge in [-0.3, -0.25) is 0 Å². The minimum Gasteiger partial charge on any atom is -0.480 e. The Balaban J connectivity index is 1.88. The summed E-state index contributed by atoms with van der Waals surface area (Å²) in [5.74, 6) is -1.51. The molecule has 9 heteroatoms. The van der Waals surface area contributed by atoms with E-state index in [9.17, 15) is 23.1 Å². The molecule has 1 aromatic heterocycles. The Kier molecular flexibility index (Phi) is 4.54. The van der Waals surface area contributed by atoms with Gasteiger partial charge in [-0.2, -0.15) is 28.2 Å². The van der Waals surface area contributed by atoms with E-state index in [1.54, 1.807) is 23.1 Å². The lowest BCUT2D eigenvalue weighted by molar-refractivity contribution is -0.219. The van der Waals surface area contributed by atoms with Crippen LogP contribution in [0.1, 0.15) is 44.7 Å². The SMILES string of the molecule is CC(C)(C[C@](N)(C(=O)O)c1ccc(-c2cnn(C3CC3)n2)cc1)C(F)(F)F. The molecule has 3 N–H and O–H groups in total. The van der Waals surface area contributed by atoms with E-state index < -0.39 is 29.5 Å². The summed E-state index contributed by atoms with van der Waals surface area (Å²) in [6.07, 6.45) is -1.68. The molecule has 0 radical (unpaired) electrons. The molecule has 1 fully saturated rings. The van der Waals surface area contributed by atoms with Crippen LogP contribution in [-0.2, 0) is 10.3 Å². The molecule has 0 spiro atoms. The van der Waals surface area contributed by atoms with Crippen LogP contribution in [0.25, 0.3) is 11.3 Å². The zero-order valence-corrected chi connectivity index (χ0v) is 15.0. The first-order chi connectivity index (χ1) is 12.4. The maximum absolute atomic E-state index is 13.2. The van der Waals surface area contributed by atoms with Crippen LogP contribution in [0.5, 0.6) is 0 Å². The third kappa shape index (κ3) is 3.69. The molecule has 0 bridgehead atoms. The number of carbonyl (C=O) groups is 1. The summed E-state index contributed by atoms with van der Waals surface area (Å²) in [5, 5.41) is 18.1. The van der Waals surface area contributed by atoms with Crippen LogP contribution in [0.15, 0.2) is 30.5 Å². The third-order valence-corrected chi connectivity index (χ3v) is 4.95. The summed E-state index contributed by atoms with van der Waals surface area (Å²) in [6, 6.07) is 6.40. The molecule has 1 heterocycles. The number of aromatic nitrogens is 3. The highest BCUT2D eigenvalue weighted by atomic mass is 19.4. The summed E-state index contributed by atoms with van der Waals surface area (Å²) in [7, 11) is 0. The van der Waals surface area contributed by atoms with Crippen molar-refractivity contribution in [1.82, 2.24) is 15.0 Å². The van der Waals surface area contributed by atoms with E-state index in [2.05, 4.69) is 10.2 Å². The van der Waals surface area contributed by atoms with Gasteiger partial charge in [-0.25, -0.2) is 4.79 Å². The van der Waals surface area contributed by atoms with Gasteiger partial charge in [0, 0.05) is 5.56 Å². The second-order valence-electron chi connectivity index (χ2n) is 7.69. The average molecular weight is 382 g/mol. The zero-order valence-electron chi connectivity index (χ0n) is 15.0. The number of halogens is 3. The Hall–Kier alpha value is -2.42. The van der Waals surface area contributed by atoms with Crippen LogP contribution >= 0.6 is 0 Å². The van der Waals surface area contributed by atoms with Crippen molar-refractivity contribution in [2.24, 2.45) is 11.1 Å². The average Bonchev–Trinajstić information content (AvgIpc) is 3.30. The standard InChI is InChI=1S/C18H21F3N4O2/c1-16(2,18(19,20)21)10-17(22,15(26)27)12-5-3-11(4-6-12)14-9-23-25(24-14)13-7-8-13/h3-6,9,13H,7-8,10,22H2,1-2H3,(H,26,27)/t17-/m1/s1. The van der Waals surface area contributed by atoms with E-state index >= 15 is 0 Å². The summed E-state index contributed by atoms with van der Waals surface area (Å²) >= 11 is 0. The number of aliphatic carboxylic acids is 1. The first-order valence-electron chi connectivity index (χ1n) is 8.56. The normalized spacial score (nSPS) is 17.6. The Labute approximate surface area is 154 Å². The predicted molar refractivity (Wildman–Crippen MR) is 91.7 cm³/mol. The molecule has 1 saturated carbocycles. The molecular weight excluding hydrogens is 361 g/mol. The zero-order chi connectivity index (χ0) is 20.0. The fourth-order valence-corrected chi connectivity index (χ4v) is 2.93. The lowest BCUT2D eigenvalue weighted by Crippen LogP contribution is -2.51. The number of benzene rings is 1. The molecule has 6 nitrogen and oxygen atoms in total. The molecule has 27 heavy (non-hydrogen) atoms. The highest BCUT2D eigenvalue weighted by Crippen LogP contribution is 2.45. The molecule has 2 aromatic rings. The van der Waals surface area contributed by atoms with Crippen LogP contribution in [0.4, 0.5) is 13.2 Å². The molecule has 3 rings (SSSR count). The number of hydrogen-bond acceptors (Lipinski definition) is 4. The molecule has 1 aliphatic rings. The maximum atomic E-state index is 13.2. The maximum Gasteiger partial charge on any atom is 0.394 e. The fraction of sp³-hybridized carbons (Fsp3) is 0.500. The summed E-state index contributed by atoms with van der Waals surface area (Å²) in [5.41, 5.74) is 2.94. The van der Waals surface area contributed by atoms with Crippen molar-refractivity contribution < 1.29 is 23.1 Å². The van der Waals surface area contributed by atoms with Crippen molar-refractivity contribution in [3.63, 3.8) is 0 Å². The number of carboxylic acids is 1. The minimum absolute atomic E-state index is 0.102. The number of alkyl halides is 3. The highest BCUT2D eigenvalue weighted by Gasteiger charge is 2.53. The van der Waals surface area contributed by atoms with Crippen molar-refractivity contribution >= 4 is 5.97 Å². The second kappa shape index (κ2) is 6.33. The van der Waals surface area contributed by atoms with E-state index in [-0.39, 0.29) is 5.56 Å². The molecule has 146 valence electrons. The highest BCUT2D eigenvalue weighted by molar-refractivity contribution is 5.81. The summed E-state index contributed by atoms with van der Waals surface area (Å²) in [6.45, 7) is 1.89. The number of nitrogens with zero attached hydrogens (tertiary/aromatic N) is 3. The Morgan fingerprint density at radius 3 is 2.33 bits per heavy atom. The molecule has 1 aliphatic carbocycles. The van der Waals surface area contributed by atoms with Gasteiger partial charge < -0.3 is 10.8 Å². The van der Waals surface area contributed by atoms with Crippen molar-refractivity contribution in [2.45, 2.75) is 50.9 Å². The van der Waals surface area contributed by atoms with Gasteiger partial charge in [0.25, 0.3) is 0 Å². The van der Waals surface area contributed by atoms with Crippen LogP contribution in [0.2, 0.25) is 0 Å². The Morgan fingerprint density at radius 1 is 1.26 bits per heavy atom. The van der Waals surface area contributed by atoms with Gasteiger partial charge in [-0.1, -0.05) is 38.1 Å². The van der Waals surface area contributed by atoms with Gasteiger partial charge >= 0.3 is 12.1 Å². The van der Waals surface area contributed by atoms with E-state index in [4.69, 9.17) is 5.73 Å². The number of rotatable bonds is 6. The van der Waals surface area contributed by atoms with Crippen LogP contribution in [0.3, 0.4) is 0 Å². The smallest absolute Gasteiger partial charge is 0.394 e. The Morgan fingerprint density at radius 2 is 1.85 bits per heavy atom. The second-order valence-corrected chi connectivity index (χ2v) is 7.69. The fourth-order valence-electron chi connectivity index (χ4n) is 2.93. The molecule has 0 saturated heterocycles. The van der Waals surface area contributed by atoms with E-state index in [0.717, 1.165) is 26.7 Å². The molecular formula is C18H21F3N4O2. The van der Waals surface area contributed by atoms with Crippen LogP contribution in [-0.4, -0.2) is 32.2 Å². The van der Waals surface area contributed by atoms with Crippen LogP contribution in [0, 0.1) is 5.41 Å². The van der Waals surface area contributed by atoms with E-state index in [1.165, 1.54) is 12.1 Å². The van der Waals surface area contributed by atoms with Crippen molar-refractivity contribution in [3.8, 4) is 11.3 Å². The van der Waals surface area contributed by atoms with Crippen molar-refractivity contribution in [3.05, 3.63) is 36.0 Å². The minimum atomic E-state index is -4.58. The lowest BCUT2D eigenvalue weighted by Gasteiger charge is -2.36. The van der Waals surface area contributed by atoms with Gasteiger partial charge in [0.1, 0.15) is 11.2 Å². The van der Waals surface area contributed by atoms with E-state index in [0.29, 0.717) is 17.3 Å². The van der Waals surface area contributed by atoms with Crippen molar-refractivity contribution in [1.29, 1.82) is 0 Å². The number of nitrogens with two attached hydrogens (primary N) is 1. The first-order valence-corrected chi connectivity index (χ1v) is 8.56.